The molecule has 6 nitrogen and oxygen atoms in total. The van der Waals surface area contributed by atoms with E-state index in [1.807, 2.05) is 12.1 Å². The molecule has 3 aromatic rings. The highest BCUT2D eigenvalue weighted by molar-refractivity contribution is 6.30. The molecular weight excluding hydrogens is 459 g/mol. The van der Waals surface area contributed by atoms with Crippen LogP contribution in [0.5, 0.6) is 11.5 Å². The van der Waals surface area contributed by atoms with Crippen molar-refractivity contribution < 1.29 is 23.5 Å². The van der Waals surface area contributed by atoms with Gasteiger partial charge in [-0.25, -0.2) is 4.39 Å². The number of halogens is 2. The number of benzene rings is 3. The van der Waals surface area contributed by atoms with E-state index in [9.17, 15) is 14.0 Å². The molecule has 2 unspecified atom stereocenters. The molecule has 8 heteroatoms. The van der Waals surface area contributed by atoms with Crippen LogP contribution in [0.4, 0.5) is 15.8 Å². The van der Waals surface area contributed by atoms with Crippen LogP contribution in [0.2, 0.25) is 5.02 Å². The number of nitrogens with zero attached hydrogens (tertiary/aromatic N) is 1. The largest absolute Gasteiger partial charge is 0.497 e. The Balaban J connectivity index is 1.74. The molecule has 34 heavy (non-hydrogen) atoms. The molecule has 0 aromatic heterocycles. The Labute approximate surface area is 202 Å². The number of carbonyl (C=O) groups excluding carboxylic acids is 2. The molecule has 1 saturated heterocycles. The summed E-state index contributed by atoms with van der Waals surface area (Å²) in [7, 11) is 3.13. The Morgan fingerprint density at radius 2 is 1.62 bits per heavy atom. The first-order chi connectivity index (χ1) is 16.4. The normalized spacial score (nSPS) is 17.9. The van der Waals surface area contributed by atoms with E-state index >= 15 is 0 Å². The van der Waals surface area contributed by atoms with Gasteiger partial charge in [-0.3, -0.25) is 9.59 Å². The molecule has 2 atom stereocenters. The van der Waals surface area contributed by atoms with Crippen molar-refractivity contribution in [3.63, 3.8) is 0 Å². The van der Waals surface area contributed by atoms with Crippen molar-refractivity contribution in [1.82, 2.24) is 0 Å². The topological polar surface area (TPSA) is 67.9 Å². The number of methoxy groups -OCH3 is 2. The van der Waals surface area contributed by atoms with Crippen molar-refractivity contribution in [1.29, 1.82) is 0 Å². The molecule has 1 aliphatic rings. The quantitative estimate of drug-likeness (QED) is 0.495. The second-order valence-corrected chi connectivity index (χ2v) is 8.37. The molecule has 1 heterocycles. The third-order valence-corrected chi connectivity index (χ3v) is 6.16. The van der Waals surface area contributed by atoms with Crippen LogP contribution in [0, 0.1) is 11.7 Å². The summed E-state index contributed by atoms with van der Waals surface area (Å²) >= 11 is 5.99. The van der Waals surface area contributed by atoms with E-state index in [2.05, 4.69) is 5.32 Å². The Hall–Kier alpha value is -3.58. The lowest BCUT2D eigenvalue weighted by molar-refractivity contribution is -0.126. The Morgan fingerprint density at radius 1 is 1.00 bits per heavy atom. The van der Waals surface area contributed by atoms with Gasteiger partial charge in [0.25, 0.3) is 0 Å². The minimum Gasteiger partial charge on any atom is -0.497 e. The number of carbonyl (C=O) groups is 2. The van der Waals surface area contributed by atoms with Crippen LogP contribution in [0.15, 0.2) is 66.7 Å². The van der Waals surface area contributed by atoms with Gasteiger partial charge in [0, 0.05) is 17.1 Å². The molecule has 0 spiro atoms. The van der Waals surface area contributed by atoms with Crippen LogP contribution in [-0.2, 0) is 9.59 Å². The van der Waals surface area contributed by atoms with E-state index in [-0.39, 0.29) is 18.0 Å². The first kappa shape index (κ1) is 23.6. The molecule has 0 aliphatic carbocycles. The van der Waals surface area contributed by atoms with Gasteiger partial charge in [0.1, 0.15) is 17.3 Å². The molecule has 0 bridgehead atoms. The Bertz CT molecular complexity index is 1180. The maximum Gasteiger partial charge on any atom is 0.230 e. The average Bonchev–Trinajstić information content (AvgIpc) is 2.86. The van der Waals surface area contributed by atoms with E-state index in [0.29, 0.717) is 28.6 Å². The number of amides is 2. The van der Waals surface area contributed by atoms with Crippen molar-refractivity contribution in [3.8, 4) is 11.5 Å². The predicted molar refractivity (Wildman–Crippen MR) is 129 cm³/mol. The third-order valence-electron chi connectivity index (χ3n) is 5.93. The smallest absolute Gasteiger partial charge is 0.230 e. The van der Waals surface area contributed by atoms with Crippen LogP contribution in [0.1, 0.15) is 24.4 Å². The molecule has 0 radical (unpaired) electrons. The van der Waals surface area contributed by atoms with Crippen molar-refractivity contribution in [2.24, 2.45) is 5.92 Å². The summed E-state index contributed by atoms with van der Waals surface area (Å²) in [5, 5.41) is 2.97. The minimum atomic E-state index is -0.633. The minimum absolute atomic E-state index is 0.00104. The van der Waals surface area contributed by atoms with Crippen LogP contribution in [-0.4, -0.2) is 26.0 Å². The van der Waals surface area contributed by atoms with Crippen molar-refractivity contribution in [3.05, 3.63) is 83.1 Å². The fourth-order valence-corrected chi connectivity index (χ4v) is 4.39. The summed E-state index contributed by atoms with van der Waals surface area (Å²) < 4.78 is 24.8. The monoisotopic (exact) mass is 482 g/mol. The van der Waals surface area contributed by atoms with Gasteiger partial charge in [-0.05, 0) is 66.6 Å². The van der Waals surface area contributed by atoms with E-state index in [1.165, 1.54) is 18.2 Å². The van der Waals surface area contributed by atoms with Crippen LogP contribution >= 0.6 is 11.6 Å². The molecule has 4 rings (SSSR count). The van der Waals surface area contributed by atoms with E-state index in [0.717, 1.165) is 5.56 Å². The summed E-state index contributed by atoms with van der Waals surface area (Å²) in [5.41, 5.74) is 1.40. The lowest BCUT2D eigenvalue weighted by atomic mass is 9.83. The zero-order valence-corrected chi connectivity index (χ0v) is 19.5. The summed E-state index contributed by atoms with van der Waals surface area (Å²) in [5.74, 6) is -0.412. The summed E-state index contributed by atoms with van der Waals surface area (Å²) in [6.07, 6.45) is 0.491. The number of ether oxygens (including phenoxy) is 2. The van der Waals surface area contributed by atoms with Crippen LogP contribution in [0.3, 0.4) is 0 Å². The van der Waals surface area contributed by atoms with Crippen LogP contribution < -0.4 is 19.7 Å². The zero-order chi connectivity index (χ0) is 24.2. The Kier molecular flexibility index (Phi) is 7.03. The van der Waals surface area contributed by atoms with Gasteiger partial charge in [0.05, 0.1) is 31.9 Å². The van der Waals surface area contributed by atoms with E-state index in [1.54, 1.807) is 55.5 Å². The van der Waals surface area contributed by atoms with Gasteiger partial charge in [-0.2, -0.15) is 0 Å². The molecule has 0 saturated carbocycles. The number of hydrogen-bond acceptors (Lipinski definition) is 4. The van der Waals surface area contributed by atoms with Crippen molar-refractivity contribution >= 4 is 34.8 Å². The van der Waals surface area contributed by atoms with Gasteiger partial charge >= 0.3 is 0 Å². The summed E-state index contributed by atoms with van der Waals surface area (Å²) in [4.78, 5) is 28.2. The van der Waals surface area contributed by atoms with Crippen molar-refractivity contribution in [2.45, 2.75) is 18.9 Å². The summed E-state index contributed by atoms with van der Waals surface area (Å²) in [6.45, 7) is 0. The average molecular weight is 483 g/mol. The second kappa shape index (κ2) is 10.1. The maximum absolute atomic E-state index is 14.3. The first-order valence-electron chi connectivity index (χ1n) is 10.8. The van der Waals surface area contributed by atoms with Gasteiger partial charge < -0.3 is 19.7 Å². The molecule has 1 fully saturated rings. The van der Waals surface area contributed by atoms with E-state index < -0.39 is 23.7 Å². The fourth-order valence-electron chi connectivity index (χ4n) is 4.22. The van der Waals surface area contributed by atoms with Gasteiger partial charge in [-0.15, -0.1) is 0 Å². The standard InChI is InChI=1S/C26H24ClFN2O4/c1-33-19-8-3-16(4-9-19)25-21(26(32)29-23-15-17(27)5-13-22(23)28)12-14-24(31)30(25)18-6-10-20(34-2)11-7-18/h3-11,13,15,21,25H,12,14H2,1-2H3,(H,29,32). The number of anilines is 2. The number of hydrogen-bond donors (Lipinski definition) is 1. The number of nitrogens with one attached hydrogen (secondary N) is 1. The van der Waals surface area contributed by atoms with Gasteiger partial charge in [-0.1, -0.05) is 23.7 Å². The fraction of sp³-hybridized carbons (Fsp3) is 0.231. The molecule has 2 amide bonds. The van der Waals surface area contributed by atoms with Crippen LogP contribution in [0.25, 0.3) is 0 Å². The number of rotatable bonds is 6. The number of piperidine rings is 1. The molecule has 3 aromatic carbocycles. The molecule has 1 N–H and O–H groups in total. The molecular formula is C26H24ClFN2O4. The lowest BCUT2D eigenvalue weighted by Gasteiger charge is -2.41. The predicted octanol–water partition coefficient (Wildman–Crippen LogP) is 5.62. The van der Waals surface area contributed by atoms with E-state index in [4.69, 9.17) is 21.1 Å². The maximum atomic E-state index is 14.3. The molecule has 1 aliphatic heterocycles. The van der Waals surface area contributed by atoms with Gasteiger partial charge in [0.2, 0.25) is 11.8 Å². The van der Waals surface area contributed by atoms with Crippen molar-refractivity contribution in [2.75, 3.05) is 24.4 Å². The Morgan fingerprint density at radius 3 is 2.24 bits per heavy atom. The summed E-state index contributed by atoms with van der Waals surface area (Å²) in [6, 6.07) is 17.7. The second-order valence-electron chi connectivity index (χ2n) is 7.94. The van der Waals surface area contributed by atoms with Gasteiger partial charge in [0.15, 0.2) is 0 Å². The highest BCUT2D eigenvalue weighted by Crippen LogP contribution is 2.41. The molecule has 176 valence electrons. The zero-order valence-electron chi connectivity index (χ0n) is 18.8. The third kappa shape index (κ3) is 4.84. The lowest BCUT2D eigenvalue weighted by Crippen LogP contribution is -2.47. The first-order valence-corrected chi connectivity index (χ1v) is 11.1. The SMILES string of the molecule is COc1ccc(C2C(C(=O)Nc3cc(Cl)ccc3F)CCC(=O)N2c2ccc(OC)cc2)cc1. The highest BCUT2D eigenvalue weighted by Gasteiger charge is 2.41. The highest BCUT2D eigenvalue weighted by atomic mass is 35.5.